The zero-order chi connectivity index (χ0) is 13.2. The Balaban J connectivity index is 1.82. The van der Waals surface area contributed by atoms with E-state index in [2.05, 4.69) is 16.4 Å². The number of aromatic nitrogens is 1. The van der Waals surface area contributed by atoms with Crippen LogP contribution in [-0.2, 0) is 6.42 Å². The van der Waals surface area contributed by atoms with Gasteiger partial charge in [0, 0.05) is 12.4 Å². The van der Waals surface area contributed by atoms with Crippen molar-refractivity contribution < 1.29 is 4.79 Å². The van der Waals surface area contributed by atoms with Gasteiger partial charge in [-0.25, -0.2) is 0 Å². The van der Waals surface area contributed by atoms with Gasteiger partial charge in [0.05, 0.1) is 17.0 Å². The summed E-state index contributed by atoms with van der Waals surface area (Å²) < 4.78 is 0. The fourth-order valence-corrected chi connectivity index (χ4v) is 2.80. The molecule has 3 nitrogen and oxygen atoms in total. The first-order valence-corrected chi connectivity index (χ1v) is 6.62. The van der Waals surface area contributed by atoms with Gasteiger partial charge in [0.2, 0.25) is 0 Å². The zero-order valence-corrected chi connectivity index (χ0v) is 11.0. The lowest BCUT2D eigenvalue weighted by Crippen LogP contribution is -2.31. The Kier molecular flexibility index (Phi) is 3.22. The van der Waals surface area contributed by atoms with Crippen LogP contribution in [0.2, 0.25) is 0 Å². The highest BCUT2D eigenvalue weighted by atomic mass is 35.5. The predicted octanol–water partition coefficient (Wildman–Crippen LogP) is 2.72. The summed E-state index contributed by atoms with van der Waals surface area (Å²) in [6.07, 6.45) is 3.99. The van der Waals surface area contributed by atoms with Crippen LogP contribution in [0.3, 0.4) is 0 Å². The molecule has 0 bridgehead atoms. The molecule has 2 atom stereocenters. The number of benzene rings is 1. The van der Waals surface area contributed by atoms with Crippen molar-refractivity contribution in [3.8, 4) is 0 Å². The Bertz CT molecular complexity index is 600. The molecule has 1 aromatic heterocycles. The summed E-state index contributed by atoms with van der Waals surface area (Å²) in [5, 5.41) is 2.89. The lowest BCUT2D eigenvalue weighted by Gasteiger charge is -2.17. The summed E-state index contributed by atoms with van der Waals surface area (Å²) in [5.74, 6) is -0.138. The number of halogens is 1. The van der Waals surface area contributed by atoms with Crippen LogP contribution in [0.1, 0.15) is 27.5 Å². The maximum Gasteiger partial charge on any atom is 0.253 e. The van der Waals surface area contributed by atoms with Gasteiger partial charge in [-0.05, 0) is 29.7 Å². The Morgan fingerprint density at radius 2 is 2.11 bits per heavy atom. The highest BCUT2D eigenvalue weighted by Crippen LogP contribution is 2.34. The average molecular weight is 273 g/mol. The van der Waals surface area contributed by atoms with E-state index in [1.54, 1.807) is 24.5 Å². The quantitative estimate of drug-likeness (QED) is 0.854. The van der Waals surface area contributed by atoms with Crippen molar-refractivity contribution >= 4 is 17.5 Å². The van der Waals surface area contributed by atoms with E-state index in [0.29, 0.717) is 5.56 Å². The second kappa shape index (κ2) is 5.02. The third-order valence-corrected chi connectivity index (χ3v) is 3.78. The Hall–Kier alpha value is -1.87. The van der Waals surface area contributed by atoms with E-state index in [1.807, 2.05) is 18.2 Å². The van der Waals surface area contributed by atoms with E-state index < -0.39 is 0 Å². The molecule has 96 valence electrons. The van der Waals surface area contributed by atoms with Gasteiger partial charge < -0.3 is 5.32 Å². The van der Waals surface area contributed by atoms with E-state index >= 15 is 0 Å². The molecule has 1 N–H and O–H groups in total. The number of hydrogen-bond donors (Lipinski definition) is 1. The number of carbonyl (C=O) groups excluding carboxylic acids is 1. The third kappa shape index (κ3) is 2.34. The van der Waals surface area contributed by atoms with Crippen molar-refractivity contribution in [1.82, 2.24) is 10.3 Å². The maximum atomic E-state index is 12.1. The van der Waals surface area contributed by atoms with Crippen LogP contribution < -0.4 is 5.32 Å². The lowest BCUT2D eigenvalue weighted by molar-refractivity contribution is 0.0937. The Morgan fingerprint density at radius 1 is 1.26 bits per heavy atom. The lowest BCUT2D eigenvalue weighted by atomic mass is 10.1. The van der Waals surface area contributed by atoms with E-state index in [9.17, 15) is 4.79 Å². The van der Waals surface area contributed by atoms with Crippen molar-refractivity contribution in [3.63, 3.8) is 0 Å². The van der Waals surface area contributed by atoms with Gasteiger partial charge in [-0.1, -0.05) is 24.3 Å². The molecule has 0 spiro atoms. The minimum absolute atomic E-state index is 0.0991. The van der Waals surface area contributed by atoms with Gasteiger partial charge in [-0.2, -0.15) is 0 Å². The molecule has 1 aromatic carbocycles. The fourth-order valence-electron chi connectivity index (χ4n) is 2.44. The van der Waals surface area contributed by atoms with Crippen LogP contribution in [-0.4, -0.2) is 16.3 Å². The van der Waals surface area contributed by atoms with Crippen molar-refractivity contribution in [2.45, 2.75) is 17.8 Å². The number of fused-ring (bicyclic) bond motifs is 1. The molecule has 0 aliphatic heterocycles. The zero-order valence-electron chi connectivity index (χ0n) is 10.2. The molecule has 3 rings (SSSR count). The van der Waals surface area contributed by atoms with Gasteiger partial charge in [0.15, 0.2) is 0 Å². The van der Waals surface area contributed by atoms with E-state index in [-0.39, 0.29) is 17.3 Å². The molecule has 4 heteroatoms. The van der Waals surface area contributed by atoms with Gasteiger partial charge in [0.25, 0.3) is 5.91 Å². The second-order valence-electron chi connectivity index (χ2n) is 4.61. The topological polar surface area (TPSA) is 42.0 Å². The number of hydrogen-bond acceptors (Lipinski definition) is 2. The first-order chi connectivity index (χ1) is 9.25. The van der Waals surface area contributed by atoms with Crippen molar-refractivity contribution in [2.24, 2.45) is 0 Å². The maximum absolute atomic E-state index is 12.1. The minimum atomic E-state index is -0.138. The molecule has 0 saturated carbocycles. The van der Waals surface area contributed by atoms with Crippen LogP contribution in [0, 0.1) is 0 Å². The summed E-state index contributed by atoms with van der Waals surface area (Å²) >= 11 is 6.34. The highest BCUT2D eigenvalue weighted by molar-refractivity contribution is 6.21. The molecule has 19 heavy (non-hydrogen) atoms. The first-order valence-electron chi connectivity index (χ1n) is 6.18. The van der Waals surface area contributed by atoms with Gasteiger partial charge in [-0.3, -0.25) is 9.78 Å². The number of carbonyl (C=O) groups is 1. The normalized spacial score (nSPS) is 20.9. The van der Waals surface area contributed by atoms with Crippen LogP contribution in [0.5, 0.6) is 0 Å². The molecule has 1 aliphatic rings. The minimum Gasteiger partial charge on any atom is -0.344 e. The molecular formula is C15H13ClN2O. The summed E-state index contributed by atoms with van der Waals surface area (Å²) in [5.41, 5.74) is 2.87. The highest BCUT2D eigenvalue weighted by Gasteiger charge is 2.31. The molecular weight excluding hydrogens is 260 g/mol. The molecule has 2 aromatic rings. The Labute approximate surface area is 116 Å². The fraction of sp³-hybridized carbons (Fsp3) is 0.200. The molecule has 0 saturated heterocycles. The predicted molar refractivity (Wildman–Crippen MR) is 74.2 cm³/mol. The van der Waals surface area contributed by atoms with E-state index in [1.165, 1.54) is 5.56 Å². The summed E-state index contributed by atoms with van der Waals surface area (Å²) in [6, 6.07) is 11.4. The average Bonchev–Trinajstić information content (AvgIpc) is 2.76. The van der Waals surface area contributed by atoms with Crippen LogP contribution in [0.4, 0.5) is 0 Å². The van der Waals surface area contributed by atoms with Gasteiger partial charge in [-0.15, -0.1) is 11.6 Å². The molecule has 2 unspecified atom stereocenters. The van der Waals surface area contributed by atoms with Crippen molar-refractivity contribution in [1.29, 1.82) is 0 Å². The second-order valence-corrected chi connectivity index (χ2v) is 5.17. The largest absolute Gasteiger partial charge is 0.344 e. The van der Waals surface area contributed by atoms with Crippen molar-refractivity contribution in [2.75, 3.05) is 0 Å². The summed E-state index contributed by atoms with van der Waals surface area (Å²) in [6.45, 7) is 0. The monoisotopic (exact) mass is 272 g/mol. The smallest absolute Gasteiger partial charge is 0.253 e. The summed E-state index contributed by atoms with van der Waals surface area (Å²) in [4.78, 5) is 16.1. The first kappa shape index (κ1) is 12.2. The van der Waals surface area contributed by atoms with Gasteiger partial charge >= 0.3 is 0 Å². The van der Waals surface area contributed by atoms with Crippen LogP contribution in [0.15, 0.2) is 48.8 Å². The van der Waals surface area contributed by atoms with Crippen LogP contribution in [0.25, 0.3) is 0 Å². The number of rotatable bonds is 2. The van der Waals surface area contributed by atoms with E-state index in [0.717, 1.165) is 12.0 Å². The molecule has 0 fully saturated rings. The standard InChI is InChI=1S/C15H13ClN2O/c16-13-8-10-4-1-2-6-12(10)14(13)18-15(19)11-5-3-7-17-9-11/h1-7,9,13-14H,8H2,(H,18,19). The molecule has 1 amide bonds. The molecule has 1 heterocycles. The summed E-state index contributed by atoms with van der Waals surface area (Å²) in [7, 11) is 0. The SMILES string of the molecule is O=C(NC1c2ccccc2CC1Cl)c1cccnc1. The van der Waals surface area contributed by atoms with Crippen molar-refractivity contribution in [3.05, 3.63) is 65.5 Å². The van der Waals surface area contributed by atoms with Crippen LogP contribution >= 0.6 is 11.6 Å². The molecule has 1 aliphatic carbocycles. The van der Waals surface area contributed by atoms with Gasteiger partial charge in [0.1, 0.15) is 0 Å². The molecule has 0 radical (unpaired) electrons. The number of nitrogens with one attached hydrogen (secondary N) is 1. The Morgan fingerprint density at radius 3 is 2.89 bits per heavy atom. The third-order valence-electron chi connectivity index (χ3n) is 3.38. The van der Waals surface area contributed by atoms with E-state index in [4.69, 9.17) is 11.6 Å². The number of nitrogens with zero attached hydrogens (tertiary/aromatic N) is 1. The number of pyridine rings is 1. The number of alkyl halides is 1. The number of amides is 1.